The quantitative estimate of drug-likeness (QED) is 0.604. The van der Waals surface area contributed by atoms with Gasteiger partial charge in [0.15, 0.2) is 6.29 Å². The normalized spacial score (nSPS) is 11.9. The minimum Gasteiger partial charge on any atom is -0.507 e. The largest absolute Gasteiger partial charge is 0.507 e. The number of esters is 1. The number of carbonyl (C=O) groups excluding carboxylic acids is 2. The van der Waals surface area contributed by atoms with E-state index in [1.165, 1.54) is 7.11 Å². The summed E-state index contributed by atoms with van der Waals surface area (Å²) >= 11 is 0. The Kier molecular flexibility index (Phi) is 4.23. The first-order valence-corrected chi connectivity index (χ1v) is 5.10. The van der Waals surface area contributed by atoms with E-state index in [0.29, 0.717) is 11.8 Å². The smallest absolute Gasteiger partial charge is 0.307 e. The van der Waals surface area contributed by atoms with E-state index in [9.17, 15) is 14.7 Å². The summed E-state index contributed by atoms with van der Waals surface area (Å²) in [5, 5.41) is 9.81. The molecule has 0 unspecified atom stereocenters. The van der Waals surface area contributed by atoms with Crippen LogP contribution in [0.1, 0.15) is 33.9 Å². The van der Waals surface area contributed by atoms with Crippen LogP contribution >= 0.6 is 0 Å². The second-order valence-electron chi connectivity index (χ2n) is 3.80. The number of hydrogen-bond donors (Lipinski definition) is 2. The van der Waals surface area contributed by atoms with Gasteiger partial charge < -0.3 is 15.6 Å². The van der Waals surface area contributed by atoms with Crippen LogP contribution in [0, 0.1) is 6.92 Å². The molecule has 3 N–H and O–H groups in total. The third-order valence-electron chi connectivity index (χ3n) is 2.45. The Hall–Kier alpha value is -1.88. The van der Waals surface area contributed by atoms with Gasteiger partial charge in [-0.1, -0.05) is 6.07 Å². The summed E-state index contributed by atoms with van der Waals surface area (Å²) in [7, 11) is 1.27. The van der Waals surface area contributed by atoms with Gasteiger partial charge in [0.1, 0.15) is 5.75 Å². The van der Waals surface area contributed by atoms with Crippen LogP contribution in [-0.4, -0.2) is 24.5 Å². The highest BCUT2D eigenvalue weighted by Crippen LogP contribution is 2.29. The van der Waals surface area contributed by atoms with Crippen molar-refractivity contribution in [2.45, 2.75) is 19.4 Å². The average molecular weight is 237 g/mol. The van der Waals surface area contributed by atoms with Crippen molar-refractivity contribution < 1.29 is 19.4 Å². The van der Waals surface area contributed by atoms with Crippen LogP contribution in [0.25, 0.3) is 0 Å². The van der Waals surface area contributed by atoms with Gasteiger partial charge in [0.2, 0.25) is 0 Å². The molecular formula is C12H15NO4. The molecule has 0 aromatic heterocycles. The molecule has 1 atom stereocenters. The third-order valence-corrected chi connectivity index (χ3v) is 2.45. The van der Waals surface area contributed by atoms with Gasteiger partial charge in [0, 0.05) is 11.6 Å². The Morgan fingerprint density at radius 1 is 1.59 bits per heavy atom. The van der Waals surface area contributed by atoms with Gasteiger partial charge >= 0.3 is 5.97 Å². The maximum atomic E-state index is 11.1. The van der Waals surface area contributed by atoms with Crippen molar-refractivity contribution in [3.8, 4) is 5.75 Å². The standard InChI is InChI=1S/C12H15NO4/c1-7-3-8(6-14)12(16)9(4-7)10(13)5-11(15)17-2/h3-4,6,10,16H,5,13H2,1-2H3/t10-/m1/s1. The Morgan fingerprint density at radius 2 is 2.24 bits per heavy atom. The van der Waals surface area contributed by atoms with E-state index >= 15 is 0 Å². The van der Waals surface area contributed by atoms with Gasteiger partial charge in [0.25, 0.3) is 0 Å². The molecule has 0 bridgehead atoms. The van der Waals surface area contributed by atoms with Crippen LogP contribution in [0.4, 0.5) is 0 Å². The van der Waals surface area contributed by atoms with Crippen LogP contribution in [0.5, 0.6) is 5.75 Å². The molecule has 0 spiro atoms. The first-order valence-electron chi connectivity index (χ1n) is 5.10. The molecule has 17 heavy (non-hydrogen) atoms. The lowest BCUT2D eigenvalue weighted by atomic mass is 9.98. The summed E-state index contributed by atoms with van der Waals surface area (Å²) < 4.78 is 4.50. The zero-order valence-electron chi connectivity index (χ0n) is 9.77. The predicted octanol–water partition coefficient (Wildman–Crippen LogP) is 1.08. The second kappa shape index (κ2) is 5.45. The van der Waals surface area contributed by atoms with E-state index in [1.807, 2.05) is 0 Å². The third kappa shape index (κ3) is 3.04. The number of aromatic hydroxyl groups is 1. The number of aldehydes is 1. The Morgan fingerprint density at radius 3 is 2.76 bits per heavy atom. The number of carbonyl (C=O) groups is 2. The van der Waals surface area contributed by atoms with Crippen molar-refractivity contribution in [1.29, 1.82) is 0 Å². The summed E-state index contributed by atoms with van der Waals surface area (Å²) in [5.41, 5.74) is 7.12. The van der Waals surface area contributed by atoms with Crippen molar-refractivity contribution >= 4 is 12.3 Å². The van der Waals surface area contributed by atoms with E-state index in [1.54, 1.807) is 19.1 Å². The van der Waals surface area contributed by atoms with Crippen molar-refractivity contribution in [2.24, 2.45) is 5.73 Å². The lowest BCUT2D eigenvalue weighted by Gasteiger charge is -2.14. The molecule has 0 aliphatic rings. The summed E-state index contributed by atoms with van der Waals surface area (Å²) in [4.78, 5) is 21.8. The molecule has 0 heterocycles. The van der Waals surface area contributed by atoms with E-state index in [4.69, 9.17) is 5.73 Å². The molecule has 5 heteroatoms. The van der Waals surface area contributed by atoms with Crippen LogP contribution in [0.15, 0.2) is 12.1 Å². The summed E-state index contributed by atoms with van der Waals surface area (Å²) in [6.07, 6.45) is 0.502. The lowest BCUT2D eigenvalue weighted by molar-refractivity contribution is -0.141. The molecule has 0 saturated heterocycles. The van der Waals surface area contributed by atoms with Gasteiger partial charge in [-0.15, -0.1) is 0 Å². The monoisotopic (exact) mass is 237 g/mol. The van der Waals surface area contributed by atoms with Crippen LogP contribution < -0.4 is 5.73 Å². The van der Waals surface area contributed by atoms with Crippen molar-refractivity contribution in [2.75, 3.05) is 7.11 Å². The first kappa shape index (κ1) is 13.2. The molecule has 0 aliphatic carbocycles. The molecule has 0 aliphatic heterocycles. The molecule has 1 aromatic rings. The van der Waals surface area contributed by atoms with E-state index < -0.39 is 12.0 Å². The number of phenolic OH excluding ortho intramolecular Hbond substituents is 1. The van der Waals surface area contributed by atoms with Gasteiger partial charge in [-0.3, -0.25) is 9.59 Å². The predicted molar refractivity (Wildman–Crippen MR) is 61.8 cm³/mol. The minimum absolute atomic E-state index is 0.0498. The van der Waals surface area contributed by atoms with Crippen LogP contribution in [0.3, 0.4) is 0 Å². The number of aryl methyl sites for hydroxylation is 1. The Bertz CT molecular complexity index is 442. The van der Waals surface area contributed by atoms with Gasteiger partial charge in [-0.05, 0) is 18.6 Å². The number of phenols is 1. The number of benzene rings is 1. The number of methoxy groups -OCH3 is 1. The molecule has 92 valence electrons. The van der Waals surface area contributed by atoms with Gasteiger partial charge in [-0.25, -0.2) is 0 Å². The fourth-order valence-electron chi connectivity index (χ4n) is 1.58. The van der Waals surface area contributed by atoms with E-state index in [0.717, 1.165) is 5.56 Å². The van der Waals surface area contributed by atoms with Gasteiger partial charge in [-0.2, -0.15) is 0 Å². The highest BCUT2D eigenvalue weighted by Gasteiger charge is 2.18. The summed E-state index contributed by atoms with van der Waals surface area (Å²) in [6, 6.07) is 2.51. The zero-order valence-corrected chi connectivity index (χ0v) is 9.77. The summed E-state index contributed by atoms with van der Waals surface area (Å²) in [6.45, 7) is 1.78. The molecule has 0 amide bonds. The number of ether oxygens (including phenoxy) is 1. The molecule has 0 saturated carbocycles. The summed E-state index contributed by atoms with van der Waals surface area (Å²) in [5.74, 6) is -0.645. The van der Waals surface area contributed by atoms with E-state index in [2.05, 4.69) is 4.74 Å². The Balaban J connectivity index is 3.08. The van der Waals surface area contributed by atoms with Crippen molar-refractivity contribution in [1.82, 2.24) is 0 Å². The molecule has 1 aromatic carbocycles. The van der Waals surface area contributed by atoms with Gasteiger partial charge in [0.05, 0.1) is 19.1 Å². The first-order chi connectivity index (χ1) is 7.99. The molecule has 1 rings (SSSR count). The van der Waals surface area contributed by atoms with Crippen molar-refractivity contribution in [3.05, 3.63) is 28.8 Å². The maximum absolute atomic E-state index is 11.1. The maximum Gasteiger partial charge on any atom is 0.307 e. The molecular weight excluding hydrogens is 222 g/mol. The fourth-order valence-corrected chi connectivity index (χ4v) is 1.58. The second-order valence-corrected chi connectivity index (χ2v) is 3.80. The number of rotatable bonds is 4. The lowest BCUT2D eigenvalue weighted by Crippen LogP contribution is -2.17. The highest BCUT2D eigenvalue weighted by atomic mass is 16.5. The van der Waals surface area contributed by atoms with Crippen molar-refractivity contribution in [3.63, 3.8) is 0 Å². The van der Waals surface area contributed by atoms with Crippen LogP contribution in [0.2, 0.25) is 0 Å². The van der Waals surface area contributed by atoms with E-state index in [-0.39, 0.29) is 17.7 Å². The topological polar surface area (TPSA) is 89.6 Å². The number of nitrogens with two attached hydrogens (primary N) is 1. The Labute approximate surface area is 99.2 Å². The average Bonchev–Trinajstić information content (AvgIpc) is 2.31. The van der Waals surface area contributed by atoms with Crippen LogP contribution in [-0.2, 0) is 9.53 Å². The SMILES string of the molecule is COC(=O)C[C@@H](N)c1cc(C)cc(C=O)c1O. The number of hydrogen-bond acceptors (Lipinski definition) is 5. The molecule has 5 nitrogen and oxygen atoms in total. The molecule has 0 radical (unpaired) electrons. The molecule has 0 fully saturated rings. The minimum atomic E-state index is -0.693. The highest BCUT2D eigenvalue weighted by molar-refractivity contribution is 5.81. The fraction of sp³-hybridized carbons (Fsp3) is 0.333. The zero-order chi connectivity index (χ0) is 13.0.